The van der Waals surface area contributed by atoms with Crippen molar-refractivity contribution in [3.05, 3.63) is 160 Å². The van der Waals surface area contributed by atoms with E-state index in [4.69, 9.17) is 0 Å². The van der Waals surface area contributed by atoms with E-state index in [1.165, 1.54) is 98.8 Å². The first kappa shape index (κ1) is 40.6. The predicted molar refractivity (Wildman–Crippen MR) is 256 cm³/mol. The molecule has 0 saturated heterocycles. The van der Waals surface area contributed by atoms with Crippen LogP contribution in [-0.2, 0) is 10.8 Å². The molecule has 0 saturated carbocycles. The molecular weight excluding hydrogens is 713 g/mol. The van der Waals surface area contributed by atoms with Gasteiger partial charge in [0.25, 0.3) is 0 Å². The van der Waals surface area contributed by atoms with Gasteiger partial charge >= 0.3 is 0 Å². The maximum atomic E-state index is 2.62. The first-order chi connectivity index (χ1) is 27.0. The Bertz CT molecular complexity index is 2710. The third kappa shape index (κ3) is 6.46. The monoisotopic (exact) mass is 781 g/mol. The molecule has 4 aliphatic carbocycles. The molecule has 0 aromatic heterocycles. The Hall–Kier alpha value is -4.20. The Morgan fingerprint density at radius 1 is 0.638 bits per heavy atom. The van der Waals surface area contributed by atoms with E-state index in [9.17, 15) is 0 Å². The van der Waals surface area contributed by atoms with E-state index in [0.717, 1.165) is 12.8 Å². The van der Waals surface area contributed by atoms with Gasteiger partial charge in [-0.2, -0.15) is 0 Å². The zero-order valence-corrected chi connectivity index (χ0v) is 39.8. The van der Waals surface area contributed by atoms with Crippen LogP contribution in [0, 0.1) is 35.1 Å². The summed E-state index contributed by atoms with van der Waals surface area (Å²) in [7, 11) is -1.19. The maximum absolute atomic E-state index is 2.62. The molecule has 0 atom stereocenters. The van der Waals surface area contributed by atoms with Gasteiger partial charge in [-0.05, 0) is 153 Å². The fourth-order valence-corrected chi connectivity index (χ4v) is 12.2. The van der Waals surface area contributed by atoms with Crippen molar-refractivity contribution >= 4 is 31.7 Å². The van der Waals surface area contributed by atoms with E-state index in [1.807, 2.05) is 0 Å². The number of fused-ring (bicyclic) bond motifs is 5. The van der Waals surface area contributed by atoms with Crippen molar-refractivity contribution in [2.45, 2.75) is 140 Å². The highest BCUT2D eigenvalue weighted by Gasteiger charge is 2.40. The summed E-state index contributed by atoms with van der Waals surface area (Å²) in [6, 6.07) is 19.3. The highest BCUT2D eigenvalue weighted by Crippen LogP contribution is 2.56. The predicted octanol–water partition coefficient (Wildman–Crippen LogP) is 13.0. The van der Waals surface area contributed by atoms with Crippen molar-refractivity contribution < 1.29 is 0 Å². The van der Waals surface area contributed by atoms with Gasteiger partial charge in [0.15, 0.2) is 0 Å². The topological polar surface area (TPSA) is 0 Å². The lowest BCUT2D eigenvalue weighted by Crippen LogP contribution is -2.38. The van der Waals surface area contributed by atoms with Crippen LogP contribution in [0.1, 0.15) is 152 Å². The van der Waals surface area contributed by atoms with Crippen molar-refractivity contribution in [3.63, 3.8) is 0 Å². The third-order valence-corrected chi connectivity index (χ3v) is 15.5. The minimum atomic E-state index is -1.19. The second-order valence-corrected chi connectivity index (χ2v) is 25.3. The van der Waals surface area contributed by atoms with Gasteiger partial charge in [-0.25, -0.2) is 0 Å². The highest BCUT2D eigenvalue weighted by atomic mass is 28.3. The van der Waals surface area contributed by atoms with Crippen LogP contribution in [0.4, 0.5) is 0 Å². The van der Waals surface area contributed by atoms with Crippen molar-refractivity contribution in [1.29, 1.82) is 0 Å². The second kappa shape index (κ2) is 13.7. The number of allylic oxidation sites excluding steroid dienone is 8. The average Bonchev–Trinajstić information content (AvgIpc) is 3.92. The molecule has 8 rings (SSSR count). The minimum Gasteiger partial charge on any atom is -0.0801 e. The van der Waals surface area contributed by atoms with Gasteiger partial charge < -0.3 is 0 Å². The Labute approximate surface area is 352 Å². The lowest BCUT2D eigenvalue weighted by Gasteiger charge is -2.29. The summed E-state index contributed by atoms with van der Waals surface area (Å²) in [5, 5.41) is 7.41. The molecule has 58 heavy (non-hydrogen) atoms. The molecule has 0 aliphatic heterocycles. The van der Waals surface area contributed by atoms with Gasteiger partial charge in [0, 0.05) is 5.92 Å². The smallest absolute Gasteiger partial charge is 0.0655 e. The van der Waals surface area contributed by atoms with Crippen molar-refractivity contribution in [1.82, 2.24) is 0 Å². The highest BCUT2D eigenvalue weighted by molar-refractivity contribution is 6.70. The van der Waals surface area contributed by atoms with Gasteiger partial charge in [0.1, 0.15) is 0 Å². The minimum absolute atomic E-state index is 0.0114. The molecule has 0 heterocycles. The van der Waals surface area contributed by atoms with Crippen LogP contribution in [0.15, 0.2) is 89.6 Å². The van der Waals surface area contributed by atoms with E-state index >= 15 is 0 Å². The Balaban J connectivity index is 1.50. The van der Waals surface area contributed by atoms with Crippen molar-refractivity contribution in [2.75, 3.05) is 0 Å². The molecule has 300 valence electrons. The number of benzene rings is 4. The van der Waals surface area contributed by atoms with Gasteiger partial charge in [-0.15, -0.1) is 0 Å². The standard InChI is InChI=1S/C57H68Si/c1-33-34(2)48(51-38-23-19-25-42(54(3,4)5)52(38)53-39(51)24-20-26-43(53)55(6,7)8)49(36-21-17-18-22-36)41-32-37-27-28-46(58(15)16)40(50(37)47(33)41)29-35-30-44(56(9,10)11)45(31-35)57(12,13)14/h17-21,23-30,32,51,58H,22,31H2,1-16H3. The molecule has 0 bridgehead atoms. The Kier molecular flexibility index (Phi) is 9.56. The van der Waals surface area contributed by atoms with Crippen LogP contribution in [0.25, 0.3) is 28.9 Å². The molecular formula is C57H68Si. The Morgan fingerprint density at radius 2 is 1.24 bits per heavy atom. The van der Waals surface area contributed by atoms with Crippen LogP contribution in [-0.4, -0.2) is 8.80 Å². The summed E-state index contributed by atoms with van der Waals surface area (Å²) in [5.74, 6) is 0.151. The Morgan fingerprint density at radius 3 is 1.72 bits per heavy atom. The first-order valence-electron chi connectivity index (χ1n) is 22.1. The largest absolute Gasteiger partial charge is 0.0801 e. The van der Waals surface area contributed by atoms with Crippen molar-refractivity contribution in [3.8, 4) is 11.1 Å². The van der Waals surface area contributed by atoms with Crippen LogP contribution >= 0.6 is 0 Å². The molecule has 4 aromatic carbocycles. The zero-order chi connectivity index (χ0) is 42.0. The van der Waals surface area contributed by atoms with E-state index in [-0.39, 0.29) is 27.6 Å². The molecule has 0 unspecified atom stereocenters. The van der Waals surface area contributed by atoms with Crippen LogP contribution in [0.2, 0.25) is 13.1 Å². The van der Waals surface area contributed by atoms with E-state index < -0.39 is 8.80 Å². The SMILES string of the molecule is Cc1c(C2c3cccc(C(C)(C)C)c3-c3c2cccc3C(C)(C)C)c(C2=CC=CC2)c2c(c1C)=c1c(ccc([SiH](C)C)c1=CC1=CC(C(C)(C)C)=C(C(C)(C)C)C1)C=2. The first-order valence-corrected chi connectivity index (χ1v) is 25.0. The lowest BCUT2D eigenvalue weighted by molar-refractivity contribution is 0.452. The van der Waals surface area contributed by atoms with E-state index in [1.54, 1.807) is 10.8 Å². The molecule has 0 fully saturated rings. The average molecular weight is 781 g/mol. The molecule has 0 radical (unpaired) electrons. The normalized spacial score (nSPS) is 16.9. The van der Waals surface area contributed by atoms with Gasteiger partial charge in [0.2, 0.25) is 0 Å². The molecule has 0 amide bonds. The van der Waals surface area contributed by atoms with Crippen LogP contribution in [0.5, 0.6) is 0 Å². The fraction of sp³-hybridized carbons (Fsp3) is 0.404. The quantitative estimate of drug-likeness (QED) is 0.156. The van der Waals surface area contributed by atoms with E-state index in [2.05, 4.69) is 195 Å². The third-order valence-electron chi connectivity index (χ3n) is 13.8. The molecule has 0 N–H and O–H groups in total. The summed E-state index contributed by atoms with van der Waals surface area (Å²) in [5.41, 5.74) is 22.3. The summed E-state index contributed by atoms with van der Waals surface area (Å²) in [6.45, 7) is 38.6. The summed E-state index contributed by atoms with van der Waals surface area (Å²) in [6.07, 6.45) is 16.8. The fourth-order valence-electron chi connectivity index (χ4n) is 10.9. The molecule has 0 nitrogen and oxygen atoms in total. The molecule has 4 aliphatic rings. The number of hydrogen-bond donors (Lipinski definition) is 0. The van der Waals surface area contributed by atoms with Gasteiger partial charge in [0.05, 0.1) is 8.80 Å². The van der Waals surface area contributed by atoms with Crippen molar-refractivity contribution in [2.24, 2.45) is 10.8 Å². The summed E-state index contributed by atoms with van der Waals surface area (Å²) < 4.78 is 0. The summed E-state index contributed by atoms with van der Waals surface area (Å²) >= 11 is 0. The van der Waals surface area contributed by atoms with Gasteiger partial charge in [-0.3, -0.25) is 0 Å². The zero-order valence-electron chi connectivity index (χ0n) is 38.7. The molecule has 1 heteroatoms. The van der Waals surface area contributed by atoms with Crippen LogP contribution < -0.4 is 15.6 Å². The number of rotatable bonds is 4. The maximum Gasteiger partial charge on any atom is 0.0655 e. The van der Waals surface area contributed by atoms with Crippen LogP contribution in [0.3, 0.4) is 0 Å². The number of hydrogen-bond acceptors (Lipinski definition) is 0. The molecule has 4 aromatic rings. The van der Waals surface area contributed by atoms with Gasteiger partial charge in [-0.1, -0.05) is 186 Å². The van der Waals surface area contributed by atoms with E-state index in [0.29, 0.717) is 0 Å². The second-order valence-electron chi connectivity index (χ2n) is 22.4. The lowest BCUT2D eigenvalue weighted by atomic mass is 9.76. The summed E-state index contributed by atoms with van der Waals surface area (Å²) in [4.78, 5) is 0. The molecule has 0 spiro atoms.